The number of aromatic nitrogens is 2. The van der Waals surface area contributed by atoms with Gasteiger partial charge in [0.25, 0.3) is 0 Å². The third kappa shape index (κ3) is 8.64. The van der Waals surface area contributed by atoms with E-state index in [1.165, 1.54) is 23.1 Å². The molecule has 2 aromatic heterocycles. The van der Waals surface area contributed by atoms with Gasteiger partial charge < -0.3 is 10.0 Å². The molecule has 0 saturated heterocycles. The Labute approximate surface area is 205 Å². The molecule has 0 aliphatic carbocycles. The van der Waals surface area contributed by atoms with Crippen LogP contribution in [0.2, 0.25) is 5.02 Å². The number of carbonyl (C=O) groups is 1. The molecule has 0 amide bonds. The molecule has 0 spiro atoms. The summed E-state index contributed by atoms with van der Waals surface area (Å²) in [6, 6.07) is 0.916. The fraction of sp³-hybridized carbons (Fsp3) is 0.591. The zero-order chi connectivity index (χ0) is 24.6. The van der Waals surface area contributed by atoms with Crippen LogP contribution in [0.3, 0.4) is 0 Å². The van der Waals surface area contributed by atoms with E-state index < -0.39 is 22.5 Å². The minimum absolute atomic E-state index is 0.0314. The van der Waals surface area contributed by atoms with E-state index in [1.807, 2.05) is 10.3 Å². The SMILES string of the molecule is CCCCCCCN(CCc1csc(SC(C)(C)C(=O)O)n1)c1ncc(C(F)(F)F)cc1Cl. The lowest BCUT2D eigenvalue weighted by Crippen LogP contribution is -2.28. The summed E-state index contributed by atoms with van der Waals surface area (Å²) in [6.07, 6.45) is 2.12. The summed E-state index contributed by atoms with van der Waals surface area (Å²) in [5, 5.41) is 11.1. The van der Waals surface area contributed by atoms with Crippen molar-refractivity contribution in [2.45, 2.75) is 74.6 Å². The van der Waals surface area contributed by atoms with Crippen LogP contribution in [0.5, 0.6) is 0 Å². The van der Waals surface area contributed by atoms with Crippen molar-refractivity contribution in [3.63, 3.8) is 0 Å². The summed E-state index contributed by atoms with van der Waals surface area (Å²) >= 11 is 8.77. The summed E-state index contributed by atoms with van der Waals surface area (Å²) in [5.74, 6) is -0.585. The molecule has 0 radical (unpaired) electrons. The number of thioether (sulfide) groups is 1. The number of nitrogens with zero attached hydrogens (tertiary/aromatic N) is 3. The number of hydrogen-bond acceptors (Lipinski definition) is 6. The summed E-state index contributed by atoms with van der Waals surface area (Å²) in [6.45, 7) is 6.50. The van der Waals surface area contributed by atoms with Crippen LogP contribution in [0.1, 0.15) is 64.1 Å². The predicted molar refractivity (Wildman–Crippen MR) is 129 cm³/mol. The van der Waals surface area contributed by atoms with E-state index in [1.54, 1.807) is 13.8 Å². The van der Waals surface area contributed by atoms with E-state index >= 15 is 0 Å². The topological polar surface area (TPSA) is 66.3 Å². The molecule has 2 aromatic rings. The highest BCUT2D eigenvalue weighted by Crippen LogP contribution is 2.36. The fourth-order valence-electron chi connectivity index (χ4n) is 3.01. The lowest BCUT2D eigenvalue weighted by atomic mass is 10.1. The molecule has 0 saturated carbocycles. The Morgan fingerprint density at radius 2 is 1.91 bits per heavy atom. The van der Waals surface area contributed by atoms with Gasteiger partial charge in [0, 0.05) is 31.1 Å². The molecule has 184 valence electrons. The zero-order valence-corrected chi connectivity index (χ0v) is 21.3. The van der Waals surface area contributed by atoms with Crippen LogP contribution in [0.4, 0.5) is 19.0 Å². The molecule has 0 aliphatic rings. The van der Waals surface area contributed by atoms with E-state index in [0.717, 1.165) is 50.1 Å². The van der Waals surface area contributed by atoms with Gasteiger partial charge in [0.05, 0.1) is 16.3 Å². The van der Waals surface area contributed by atoms with E-state index in [2.05, 4.69) is 16.9 Å². The van der Waals surface area contributed by atoms with Crippen molar-refractivity contribution in [3.8, 4) is 0 Å². The van der Waals surface area contributed by atoms with Crippen molar-refractivity contribution in [1.82, 2.24) is 9.97 Å². The second-order valence-electron chi connectivity index (χ2n) is 8.20. The van der Waals surface area contributed by atoms with E-state index in [4.69, 9.17) is 11.6 Å². The van der Waals surface area contributed by atoms with Crippen LogP contribution < -0.4 is 4.90 Å². The first-order valence-corrected chi connectivity index (χ1v) is 12.9. The van der Waals surface area contributed by atoms with Crippen LogP contribution in [0.25, 0.3) is 0 Å². The van der Waals surface area contributed by atoms with Crippen LogP contribution in [-0.4, -0.2) is 38.9 Å². The number of carboxylic acids is 1. The third-order valence-electron chi connectivity index (χ3n) is 5.01. The highest BCUT2D eigenvalue weighted by molar-refractivity contribution is 8.02. The number of pyridine rings is 1. The summed E-state index contributed by atoms with van der Waals surface area (Å²) < 4.78 is 38.7. The van der Waals surface area contributed by atoms with Gasteiger partial charge in [-0.3, -0.25) is 4.79 Å². The molecule has 2 heterocycles. The Morgan fingerprint density at radius 1 is 1.21 bits per heavy atom. The van der Waals surface area contributed by atoms with Crippen LogP contribution in [0.15, 0.2) is 22.0 Å². The minimum atomic E-state index is -4.50. The average molecular weight is 524 g/mol. The monoisotopic (exact) mass is 523 g/mol. The molecule has 2 rings (SSSR count). The normalized spacial score (nSPS) is 12.2. The maximum Gasteiger partial charge on any atom is 0.417 e. The number of aliphatic carboxylic acids is 1. The molecule has 33 heavy (non-hydrogen) atoms. The number of alkyl halides is 3. The molecule has 11 heteroatoms. The van der Waals surface area contributed by atoms with Crippen molar-refractivity contribution >= 4 is 46.5 Å². The van der Waals surface area contributed by atoms with Crippen LogP contribution in [-0.2, 0) is 17.4 Å². The maximum absolute atomic E-state index is 13.0. The van der Waals surface area contributed by atoms with E-state index in [0.29, 0.717) is 29.7 Å². The first kappa shape index (κ1) is 27.7. The number of rotatable bonds is 13. The van der Waals surface area contributed by atoms with Crippen LogP contribution >= 0.6 is 34.7 Å². The molecule has 0 unspecified atom stereocenters. The Morgan fingerprint density at radius 3 is 2.52 bits per heavy atom. The summed E-state index contributed by atoms with van der Waals surface area (Å²) in [5.41, 5.74) is -0.0796. The summed E-state index contributed by atoms with van der Waals surface area (Å²) in [4.78, 5) is 21.8. The van der Waals surface area contributed by atoms with Gasteiger partial charge in [0.15, 0.2) is 4.34 Å². The number of anilines is 1. The molecule has 0 atom stereocenters. The smallest absolute Gasteiger partial charge is 0.417 e. The van der Waals surface area contributed by atoms with Gasteiger partial charge >= 0.3 is 12.1 Å². The first-order valence-electron chi connectivity index (χ1n) is 10.8. The van der Waals surface area contributed by atoms with Crippen molar-refractivity contribution in [2.75, 3.05) is 18.0 Å². The van der Waals surface area contributed by atoms with Gasteiger partial charge in [-0.25, -0.2) is 9.97 Å². The lowest BCUT2D eigenvalue weighted by Gasteiger charge is -2.25. The average Bonchev–Trinajstić information content (AvgIpc) is 3.16. The molecule has 5 nitrogen and oxygen atoms in total. The Kier molecular flexibility index (Phi) is 10.3. The molecule has 0 bridgehead atoms. The van der Waals surface area contributed by atoms with Gasteiger partial charge in [-0.05, 0) is 26.3 Å². The highest BCUT2D eigenvalue weighted by atomic mass is 35.5. The molecule has 1 N–H and O–H groups in total. The number of thiazole rings is 1. The highest BCUT2D eigenvalue weighted by Gasteiger charge is 2.32. The van der Waals surface area contributed by atoms with Gasteiger partial charge in [0.2, 0.25) is 0 Å². The van der Waals surface area contributed by atoms with Crippen molar-refractivity contribution in [3.05, 3.63) is 33.9 Å². The number of halogens is 4. The Bertz CT molecular complexity index is 923. The Hall–Kier alpha value is -1.52. The van der Waals surface area contributed by atoms with Crippen molar-refractivity contribution < 1.29 is 23.1 Å². The third-order valence-corrected chi connectivity index (χ3v) is 7.46. The van der Waals surface area contributed by atoms with Gasteiger partial charge in [-0.2, -0.15) is 13.2 Å². The van der Waals surface area contributed by atoms with E-state index in [-0.39, 0.29) is 5.02 Å². The first-order chi connectivity index (χ1) is 15.4. The molecular formula is C22H29ClF3N3O2S2. The number of hydrogen-bond donors (Lipinski definition) is 1. The number of unbranched alkanes of at least 4 members (excludes halogenated alkanes) is 4. The van der Waals surface area contributed by atoms with E-state index in [9.17, 15) is 23.1 Å². The largest absolute Gasteiger partial charge is 0.480 e. The van der Waals surface area contributed by atoms with Gasteiger partial charge in [0.1, 0.15) is 10.6 Å². The predicted octanol–water partition coefficient (Wildman–Crippen LogP) is 7.19. The molecule has 0 aliphatic heterocycles. The van der Waals surface area contributed by atoms with Gasteiger partial charge in [-0.1, -0.05) is 56.0 Å². The van der Waals surface area contributed by atoms with Gasteiger partial charge in [-0.15, -0.1) is 11.3 Å². The number of carboxylic acid groups (broad SMARTS) is 1. The zero-order valence-electron chi connectivity index (χ0n) is 18.9. The van der Waals surface area contributed by atoms with Crippen molar-refractivity contribution in [2.24, 2.45) is 0 Å². The minimum Gasteiger partial charge on any atom is -0.480 e. The molecule has 0 aromatic carbocycles. The quantitative estimate of drug-likeness (QED) is 0.221. The summed E-state index contributed by atoms with van der Waals surface area (Å²) in [7, 11) is 0. The van der Waals surface area contributed by atoms with Crippen molar-refractivity contribution in [1.29, 1.82) is 0 Å². The second kappa shape index (κ2) is 12.3. The fourth-order valence-corrected chi connectivity index (χ4v) is 5.52. The van der Waals surface area contributed by atoms with Crippen LogP contribution in [0, 0.1) is 0 Å². The maximum atomic E-state index is 13.0. The molecular weight excluding hydrogens is 495 g/mol. The Balaban J connectivity index is 2.11. The lowest BCUT2D eigenvalue weighted by molar-refractivity contribution is -0.139. The molecule has 0 fully saturated rings. The standard InChI is InChI=1S/C22H29ClF3N3O2S2/c1-4-5-6-7-8-10-29(18-17(23)12-15(13-27-18)22(24,25)26)11-9-16-14-32-20(28-16)33-21(2,3)19(30)31/h12-14H,4-11H2,1-3H3,(H,30,31). The second-order valence-corrected chi connectivity index (χ2v) is 11.3.